The number of hydrogen-bond donors (Lipinski definition) is 1. The van der Waals surface area contributed by atoms with Crippen molar-refractivity contribution in [3.8, 4) is 17.3 Å². The molecule has 3 heterocycles. The van der Waals surface area contributed by atoms with Gasteiger partial charge in [-0.1, -0.05) is 19.1 Å². The van der Waals surface area contributed by atoms with Gasteiger partial charge in [0.1, 0.15) is 0 Å². The Morgan fingerprint density at radius 3 is 2.94 bits per heavy atom. The second-order valence-electron chi connectivity index (χ2n) is 8.54. The van der Waals surface area contributed by atoms with Crippen molar-refractivity contribution in [2.45, 2.75) is 45.6 Å². The molecule has 1 amide bonds. The number of nitrogens with one attached hydrogen (secondary N) is 1. The zero-order chi connectivity index (χ0) is 22.1. The molecule has 1 fully saturated rings. The third kappa shape index (κ3) is 3.96. The van der Waals surface area contributed by atoms with Crippen LogP contribution in [0, 0.1) is 23.2 Å². The first-order valence-electron chi connectivity index (χ1n) is 11.3. The summed E-state index contributed by atoms with van der Waals surface area (Å²) in [5.74, 6) is 0.611. The van der Waals surface area contributed by atoms with E-state index in [1.165, 1.54) is 5.52 Å². The maximum atomic E-state index is 12.1. The standard InChI is InChI=1S/C25H26N6O/c1-2-17(16-26)5-4-13-30-14-12-20-15-19(10-11-21(20)30)22-6-3-7-23-27-25(29-31(22)23)28-24(32)18-8-9-18/h3,6-7,10-12,14-15,17-18H,2,4-5,8-9,13H2,1H3,(H,28,29,32). The van der Waals surface area contributed by atoms with Gasteiger partial charge in [-0.15, -0.1) is 5.10 Å². The average molecular weight is 427 g/mol. The first-order valence-corrected chi connectivity index (χ1v) is 11.3. The van der Waals surface area contributed by atoms with Crippen molar-refractivity contribution in [3.05, 3.63) is 48.7 Å². The van der Waals surface area contributed by atoms with Gasteiger partial charge in [-0.2, -0.15) is 10.2 Å². The molecule has 1 N–H and O–H groups in total. The van der Waals surface area contributed by atoms with Crippen molar-refractivity contribution >= 4 is 28.4 Å². The quantitative estimate of drug-likeness (QED) is 0.428. The van der Waals surface area contributed by atoms with Crippen LogP contribution in [-0.4, -0.2) is 25.1 Å². The number of aromatic nitrogens is 4. The third-order valence-corrected chi connectivity index (χ3v) is 6.24. The molecule has 1 aliphatic carbocycles. The highest BCUT2D eigenvalue weighted by Crippen LogP contribution is 2.30. The fourth-order valence-corrected chi connectivity index (χ4v) is 4.16. The van der Waals surface area contributed by atoms with Crippen LogP contribution in [0.2, 0.25) is 0 Å². The molecule has 3 aromatic heterocycles. The van der Waals surface area contributed by atoms with Crippen LogP contribution in [-0.2, 0) is 11.3 Å². The summed E-state index contributed by atoms with van der Waals surface area (Å²) >= 11 is 0. The van der Waals surface area contributed by atoms with Gasteiger partial charge in [-0.3, -0.25) is 10.1 Å². The number of benzene rings is 1. The van der Waals surface area contributed by atoms with Crippen LogP contribution in [0.15, 0.2) is 48.7 Å². The summed E-state index contributed by atoms with van der Waals surface area (Å²) in [4.78, 5) is 16.6. The van der Waals surface area contributed by atoms with Crippen LogP contribution in [0.3, 0.4) is 0 Å². The first-order chi connectivity index (χ1) is 15.7. The molecule has 4 aromatic rings. The van der Waals surface area contributed by atoms with E-state index in [1.807, 2.05) is 18.2 Å². The van der Waals surface area contributed by atoms with E-state index in [9.17, 15) is 4.79 Å². The molecule has 5 rings (SSSR count). The van der Waals surface area contributed by atoms with Crippen LogP contribution >= 0.6 is 0 Å². The minimum atomic E-state index is 0.00485. The molecule has 32 heavy (non-hydrogen) atoms. The Morgan fingerprint density at radius 2 is 2.16 bits per heavy atom. The molecule has 1 aliphatic rings. The highest BCUT2D eigenvalue weighted by Gasteiger charge is 2.30. The van der Waals surface area contributed by atoms with Crippen molar-refractivity contribution in [1.82, 2.24) is 19.2 Å². The lowest BCUT2D eigenvalue weighted by atomic mass is 10.0. The summed E-state index contributed by atoms with van der Waals surface area (Å²) < 4.78 is 4.04. The second-order valence-corrected chi connectivity index (χ2v) is 8.54. The van der Waals surface area contributed by atoms with Gasteiger partial charge >= 0.3 is 0 Å². The predicted molar refractivity (Wildman–Crippen MR) is 124 cm³/mol. The number of carbonyl (C=O) groups excluding carboxylic acids is 1. The van der Waals surface area contributed by atoms with Gasteiger partial charge in [0.2, 0.25) is 11.9 Å². The zero-order valence-corrected chi connectivity index (χ0v) is 18.2. The topological polar surface area (TPSA) is 88.0 Å². The van der Waals surface area contributed by atoms with Gasteiger partial charge in [0.25, 0.3) is 0 Å². The average Bonchev–Trinajstić information content (AvgIpc) is 3.47. The van der Waals surface area contributed by atoms with Crippen molar-refractivity contribution in [3.63, 3.8) is 0 Å². The fraction of sp³-hybridized carbons (Fsp3) is 0.360. The molecule has 7 heteroatoms. The minimum absolute atomic E-state index is 0.00485. The van der Waals surface area contributed by atoms with E-state index in [4.69, 9.17) is 5.26 Å². The lowest BCUT2D eigenvalue weighted by Gasteiger charge is -2.09. The summed E-state index contributed by atoms with van der Waals surface area (Å²) in [6.07, 6.45) is 6.84. The SMILES string of the molecule is CCC(C#N)CCCn1ccc2cc(-c3cccc4nc(NC(=O)C5CC5)nn34)ccc21. The molecule has 1 unspecified atom stereocenters. The van der Waals surface area contributed by atoms with Crippen LogP contribution in [0.5, 0.6) is 0 Å². The van der Waals surface area contributed by atoms with E-state index in [0.717, 1.165) is 55.3 Å². The Labute approximate surface area is 186 Å². The Balaban J connectivity index is 1.39. The second kappa shape index (κ2) is 8.46. The Morgan fingerprint density at radius 1 is 1.28 bits per heavy atom. The lowest BCUT2D eigenvalue weighted by Crippen LogP contribution is -2.14. The number of aryl methyl sites for hydroxylation is 1. The van der Waals surface area contributed by atoms with E-state index >= 15 is 0 Å². The summed E-state index contributed by atoms with van der Waals surface area (Å²) in [7, 11) is 0. The van der Waals surface area contributed by atoms with Gasteiger partial charge in [0, 0.05) is 41.0 Å². The van der Waals surface area contributed by atoms with Gasteiger partial charge in [-0.25, -0.2) is 4.52 Å². The van der Waals surface area contributed by atoms with Crippen molar-refractivity contribution in [1.29, 1.82) is 5.26 Å². The van der Waals surface area contributed by atoms with E-state index in [0.29, 0.717) is 11.6 Å². The summed E-state index contributed by atoms with van der Waals surface area (Å²) in [6, 6.07) is 16.8. The molecule has 0 radical (unpaired) electrons. The highest BCUT2D eigenvalue weighted by molar-refractivity contribution is 5.92. The lowest BCUT2D eigenvalue weighted by molar-refractivity contribution is -0.117. The number of anilines is 1. The van der Waals surface area contributed by atoms with Gasteiger partial charge in [-0.05, 0) is 62.4 Å². The molecule has 0 bridgehead atoms. The molecule has 162 valence electrons. The number of carbonyl (C=O) groups is 1. The summed E-state index contributed by atoms with van der Waals surface area (Å²) in [6.45, 7) is 2.98. The molecular weight excluding hydrogens is 400 g/mol. The third-order valence-electron chi connectivity index (χ3n) is 6.24. The smallest absolute Gasteiger partial charge is 0.249 e. The number of fused-ring (bicyclic) bond motifs is 2. The normalized spacial score (nSPS) is 14.5. The Bertz CT molecular complexity index is 1320. The number of nitrogens with zero attached hydrogens (tertiary/aromatic N) is 5. The maximum Gasteiger partial charge on any atom is 0.249 e. The van der Waals surface area contributed by atoms with Crippen LogP contribution in [0.25, 0.3) is 27.8 Å². The summed E-state index contributed by atoms with van der Waals surface area (Å²) in [5.41, 5.74) is 3.86. The molecule has 0 saturated heterocycles. The molecule has 0 aliphatic heterocycles. The van der Waals surface area contributed by atoms with Crippen molar-refractivity contribution in [2.24, 2.45) is 11.8 Å². The monoisotopic (exact) mass is 426 g/mol. The van der Waals surface area contributed by atoms with Crippen molar-refractivity contribution in [2.75, 3.05) is 5.32 Å². The van der Waals surface area contributed by atoms with E-state index in [2.05, 4.69) is 63.4 Å². The first kappa shape index (κ1) is 20.3. The summed E-state index contributed by atoms with van der Waals surface area (Å²) in [5, 5.41) is 17.7. The van der Waals surface area contributed by atoms with Crippen LogP contribution < -0.4 is 5.32 Å². The van der Waals surface area contributed by atoms with Crippen LogP contribution in [0.1, 0.15) is 39.0 Å². The zero-order valence-electron chi connectivity index (χ0n) is 18.2. The minimum Gasteiger partial charge on any atom is -0.347 e. The van der Waals surface area contributed by atoms with Crippen molar-refractivity contribution < 1.29 is 4.79 Å². The van der Waals surface area contributed by atoms with E-state index in [1.54, 1.807) is 4.52 Å². The number of nitriles is 1. The molecular formula is C25H26N6O. The molecule has 0 spiro atoms. The highest BCUT2D eigenvalue weighted by atomic mass is 16.2. The fourth-order valence-electron chi connectivity index (χ4n) is 4.16. The number of amides is 1. The Kier molecular flexibility index (Phi) is 5.36. The number of rotatable bonds is 8. The van der Waals surface area contributed by atoms with Gasteiger partial charge in [0.15, 0.2) is 5.65 Å². The number of pyridine rings is 1. The molecule has 1 saturated carbocycles. The van der Waals surface area contributed by atoms with E-state index < -0.39 is 0 Å². The van der Waals surface area contributed by atoms with E-state index in [-0.39, 0.29) is 17.7 Å². The van der Waals surface area contributed by atoms with Crippen LogP contribution in [0.4, 0.5) is 5.95 Å². The molecule has 1 atom stereocenters. The maximum absolute atomic E-state index is 12.1. The number of hydrogen-bond acceptors (Lipinski definition) is 4. The molecule has 7 nitrogen and oxygen atoms in total. The Hall–Kier alpha value is -3.66. The van der Waals surface area contributed by atoms with Gasteiger partial charge < -0.3 is 4.57 Å². The molecule has 1 aromatic carbocycles. The van der Waals surface area contributed by atoms with Gasteiger partial charge in [0.05, 0.1) is 11.8 Å². The predicted octanol–water partition coefficient (Wildman–Crippen LogP) is 5.03. The largest absolute Gasteiger partial charge is 0.347 e.